The molecule has 0 aliphatic carbocycles. The lowest BCUT2D eigenvalue weighted by molar-refractivity contribution is -0.123. The molecule has 1 heterocycles. The number of aryl methyl sites for hydroxylation is 2. The molecule has 27 heavy (non-hydrogen) atoms. The molecule has 0 radical (unpaired) electrons. The molecule has 0 saturated heterocycles. The molecule has 1 aromatic carbocycles. The van der Waals surface area contributed by atoms with Gasteiger partial charge in [-0.15, -0.1) is 0 Å². The van der Waals surface area contributed by atoms with Crippen LogP contribution in [0.2, 0.25) is 0 Å². The fourth-order valence-corrected chi connectivity index (χ4v) is 3.17. The van der Waals surface area contributed by atoms with E-state index in [2.05, 4.69) is 62.4 Å². The number of hydrogen-bond donors (Lipinski definition) is 2. The van der Waals surface area contributed by atoms with E-state index in [9.17, 15) is 4.79 Å². The van der Waals surface area contributed by atoms with Crippen molar-refractivity contribution in [3.05, 3.63) is 52.3 Å². The van der Waals surface area contributed by atoms with Crippen LogP contribution in [0.3, 0.4) is 0 Å². The maximum Gasteiger partial charge on any atom is 0.220 e. The highest BCUT2D eigenvalue weighted by Crippen LogP contribution is 2.18. The smallest absolute Gasteiger partial charge is 0.220 e. The summed E-state index contributed by atoms with van der Waals surface area (Å²) in [7, 11) is 0. The zero-order chi connectivity index (χ0) is 20.2. The molecule has 0 saturated carbocycles. The Morgan fingerprint density at radius 1 is 1.22 bits per heavy atom. The largest absolute Gasteiger partial charge is 0.349 e. The van der Waals surface area contributed by atoms with E-state index in [0.29, 0.717) is 19.4 Å². The van der Waals surface area contributed by atoms with Crippen molar-refractivity contribution in [3.8, 4) is 0 Å². The third kappa shape index (κ3) is 5.19. The number of benzene rings is 1. The minimum Gasteiger partial charge on any atom is -0.349 e. The summed E-state index contributed by atoms with van der Waals surface area (Å²) in [6.45, 7) is 13.5. The third-order valence-corrected chi connectivity index (χ3v) is 5.71. The van der Waals surface area contributed by atoms with Gasteiger partial charge in [-0.1, -0.05) is 43.7 Å². The first-order valence-electron chi connectivity index (χ1n) is 9.75. The van der Waals surface area contributed by atoms with E-state index < -0.39 is 0 Å². The molecule has 1 atom stereocenters. The summed E-state index contributed by atoms with van der Waals surface area (Å²) in [6.07, 6.45) is 1.14. The van der Waals surface area contributed by atoms with Crippen LogP contribution in [0.25, 0.3) is 0 Å². The van der Waals surface area contributed by atoms with Gasteiger partial charge < -0.3 is 11.1 Å². The van der Waals surface area contributed by atoms with E-state index >= 15 is 0 Å². The van der Waals surface area contributed by atoms with Crippen LogP contribution in [-0.2, 0) is 17.8 Å². The zero-order valence-electron chi connectivity index (χ0n) is 17.6. The van der Waals surface area contributed by atoms with Gasteiger partial charge in [0.05, 0.1) is 17.8 Å². The number of carbonyl (C=O) groups excluding carboxylic acids is 1. The maximum absolute atomic E-state index is 12.5. The lowest BCUT2D eigenvalue weighted by Crippen LogP contribution is -2.55. The molecule has 1 unspecified atom stereocenters. The van der Waals surface area contributed by atoms with Crippen LogP contribution in [0.5, 0.6) is 0 Å². The zero-order valence-corrected chi connectivity index (χ0v) is 17.6. The average Bonchev–Trinajstić information content (AvgIpc) is 2.88. The fraction of sp³-hybridized carbons (Fsp3) is 0.545. The van der Waals surface area contributed by atoms with Crippen molar-refractivity contribution in [1.29, 1.82) is 0 Å². The van der Waals surface area contributed by atoms with Crippen molar-refractivity contribution < 1.29 is 4.79 Å². The van der Waals surface area contributed by atoms with Crippen molar-refractivity contribution in [2.75, 3.05) is 6.54 Å². The minimum atomic E-state index is -0.364. The highest BCUT2D eigenvalue weighted by atomic mass is 16.1. The summed E-state index contributed by atoms with van der Waals surface area (Å²) in [5.74, 6) is 0.328. The second kappa shape index (κ2) is 8.70. The molecule has 0 bridgehead atoms. The molecule has 2 aromatic rings. The van der Waals surface area contributed by atoms with Gasteiger partial charge in [0.2, 0.25) is 5.91 Å². The first-order chi connectivity index (χ1) is 12.7. The number of hydrogen-bond acceptors (Lipinski definition) is 3. The maximum atomic E-state index is 12.5. The molecule has 1 amide bonds. The van der Waals surface area contributed by atoms with E-state index in [1.54, 1.807) is 0 Å². The molecule has 0 fully saturated rings. The summed E-state index contributed by atoms with van der Waals surface area (Å²) >= 11 is 0. The van der Waals surface area contributed by atoms with Crippen LogP contribution in [0.15, 0.2) is 24.3 Å². The molecule has 0 spiro atoms. The summed E-state index contributed by atoms with van der Waals surface area (Å²) in [4.78, 5) is 12.5. The number of aromatic nitrogens is 2. The highest BCUT2D eigenvalue weighted by Gasteiger charge is 2.28. The first kappa shape index (κ1) is 21.2. The molecule has 3 N–H and O–H groups in total. The quantitative estimate of drug-likeness (QED) is 0.749. The Bertz CT molecular complexity index is 776. The highest BCUT2D eigenvalue weighted by molar-refractivity contribution is 5.77. The Labute approximate surface area is 163 Å². The van der Waals surface area contributed by atoms with Crippen molar-refractivity contribution in [1.82, 2.24) is 15.1 Å². The lowest BCUT2D eigenvalue weighted by atomic mass is 9.88. The number of carbonyl (C=O) groups is 1. The van der Waals surface area contributed by atoms with Crippen LogP contribution < -0.4 is 11.1 Å². The van der Waals surface area contributed by atoms with Crippen LogP contribution in [0.1, 0.15) is 55.3 Å². The van der Waals surface area contributed by atoms with Gasteiger partial charge in [-0.2, -0.15) is 5.10 Å². The third-order valence-electron chi connectivity index (χ3n) is 5.71. The van der Waals surface area contributed by atoms with Crippen LogP contribution in [-0.4, -0.2) is 27.8 Å². The van der Waals surface area contributed by atoms with E-state index in [1.165, 1.54) is 11.1 Å². The Kier molecular flexibility index (Phi) is 6.82. The molecule has 2 rings (SSSR count). The van der Waals surface area contributed by atoms with Gasteiger partial charge in [0.1, 0.15) is 0 Å². The Morgan fingerprint density at radius 2 is 1.85 bits per heavy atom. The van der Waals surface area contributed by atoms with Gasteiger partial charge in [0.25, 0.3) is 0 Å². The van der Waals surface area contributed by atoms with Gasteiger partial charge in [-0.25, -0.2) is 0 Å². The van der Waals surface area contributed by atoms with Gasteiger partial charge in [0, 0.05) is 18.7 Å². The monoisotopic (exact) mass is 370 g/mol. The average molecular weight is 371 g/mol. The second-order valence-electron chi connectivity index (χ2n) is 8.12. The van der Waals surface area contributed by atoms with Gasteiger partial charge in [0.15, 0.2) is 0 Å². The fourth-order valence-electron chi connectivity index (χ4n) is 3.17. The molecular weight excluding hydrogens is 336 g/mol. The summed E-state index contributed by atoms with van der Waals surface area (Å²) in [5.41, 5.74) is 11.3. The predicted molar refractivity (Wildman–Crippen MR) is 111 cm³/mol. The summed E-state index contributed by atoms with van der Waals surface area (Å²) in [6, 6.07) is 8.52. The Balaban J connectivity index is 2.04. The van der Waals surface area contributed by atoms with Gasteiger partial charge in [-0.05, 0) is 51.2 Å². The summed E-state index contributed by atoms with van der Waals surface area (Å²) in [5, 5.41) is 7.80. The standard InChI is InChI=1S/C22H34N4O/c1-15(2)22(6,14-23)24-21(27)12-11-20-17(4)25-26(18(20)5)13-19-9-7-16(3)8-10-19/h7-10,15H,11-14,23H2,1-6H3,(H,24,27). The van der Waals surface area contributed by atoms with Crippen molar-refractivity contribution >= 4 is 5.91 Å². The van der Waals surface area contributed by atoms with Gasteiger partial charge in [-0.3, -0.25) is 9.48 Å². The molecule has 1 aromatic heterocycles. The molecule has 148 valence electrons. The van der Waals surface area contributed by atoms with Crippen molar-refractivity contribution in [3.63, 3.8) is 0 Å². The van der Waals surface area contributed by atoms with E-state index in [0.717, 1.165) is 23.5 Å². The van der Waals surface area contributed by atoms with E-state index in [-0.39, 0.29) is 17.4 Å². The number of rotatable bonds is 8. The Morgan fingerprint density at radius 3 is 2.41 bits per heavy atom. The summed E-state index contributed by atoms with van der Waals surface area (Å²) < 4.78 is 2.03. The number of nitrogens with two attached hydrogens (primary N) is 1. The number of nitrogens with zero attached hydrogens (tertiary/aromatic N) is 2. The van der Waals surface area contributed by atoms with Crippen LogP contribution in [0, 0.1) is 26.7 Å². The first-order valence-corrected chi connectivity index (χ1v) is 9.75. The van der Waals surface area contributed by atoms with Gasteiger partial charge >= 0.3 is 0 Å². The molecule has 0 aliphatic heterocycles. The van der Waals surface area contributed by atoms with E-state index in [4.69, 9.17) is 5.73 Å². The molecule has 0 aliphatic rings. The molecule has 5 heteroatoms. The van der Waals surface area contributed by atoms with Crippen LogP contribution in [0.4, 0.5) is 0 Å². The van der Waals surface area contributed by atoms with Crippen molar-refractivity contribution in [2.24, 2.45) is 11.7 Å². The van der Waals surface area contributed by atoms with E-state index in [1.807, 2.05) is 18.5 Å². The predicted octanol–water partition coefficient (Wildman–Crippen LogP) is 3.28. The molecular formula is C22H34N4O. The molecule has 5 nitrogen and oxygen atoms in total. The number of amides is 1. The Hall–Kier alpha value is -2.14. The topological polar surface area (TPSA) is 72.9 Å². The number of nitrogens with one attached hydrogen (secondary N) is 1. The minimum absolute atomic E-state index is 0.0433. The second-order valence-corrected chi connectivity index (χ2v) is 8.12. The van der Waals surface area contributed by atoms with Crippen molar-refractivity contribution in [2.45, 2.75) is 66.5 Å². The normalized spacial score (nSPS) is 13.6. The SMILES string of the molecule is Cc1ccc(Cn2nc(C)c(CCC(=O)NC(C)(CN)C(C)C)c2C)cc1. The van der Waals surface area contributed by atoms with Crippen LogP contribution >= 0.6 is 0 Å². The lowest BCUT2D eigenvalue weighted by Gasteiger charge is -2.33.